The summed E-state index contributed by atoms with van der Waals surface area (Å²) in [6, 6.07) is 18.7. The highest BCUT2D eigenvalue weighted by atomic mass is 32.1. The van der Waals surface area contributed by atoms with Gasteiger partial charge in [-0.05, 0) is 37.1 Å². The first kappa shape index (κ1) is 15.3. The molecule has 1 saturated heterocycles. The Bertz CT molecular complexity index is 860. The van der Waals surface area contributed by atoms with E-state index < -0.39 is 0 Å². The number of piperidine rings is 1. The normalized spacial score (nSPS) is 20.8. The number of fused-ring (bicyclic) bond motifs is 1. The molecule has 2 atom stereocenters. The summed E-state index contributed by atoms with van der Waals surface area (Å²) in [5.41, 5.74) is 3.15. The van der Waals surface area contributed by atoms with Crippen LogP contribution in [0.5, 0.6) is 0 Å². The molecule has 0 bridgehead atoms. The first-order valence-corrected chi connectivity index (χ1v) is 9.31. The third kappa shape index (κ3) is 3.19. The van der Waals surface area contributed by atoms with Crippen molar-refractivity contribution in [3.8, 4) is 6.07 Å². The van der Waals surface area contributed by atoms with E-state index in [0.29, 0.717) is 5.92 Å². The number of hydrogen-bond acceptors (Lipinski definition) is 3. The Labute approximate surface area is 146 Å². The molecule has 4 rings (SSSR count). The van der Waals surface area contributed by atoms with Crippen molar-refractivity contribution in [2.24, 2.45) is 0 Å². The number of nitriles is 1. The topological polar surface area (TPSA) is 41.1 Å². The fraction of sp³-hybridized carbons (Fsp3) is 0.300. The Hall–Kier alpha value is -2.22. The van der Waals surface area contributed by atoms with Crippen LogP contribution in [0.2, 0.25) is 0 Å². The summed E-state index contributed by atoms with van der Waals surface area (Å²) >= 11 is 1.85. The van der Waals surface area contributed by atoms with E-state index in [1.165, 1.54) is 34.7 Å². The van der Waals surface area contributed by atoms with Gasteiger partial charge in [-0.3, -0.25) is 0 Å². The zero-order valence-electron chi connectivity index (χ0n) is 13.5. The van der Waals surface area contributed by atoms with Crippen LogP contribution >= 0.6 is 11.3 Å². The van der Waals surface area contributed by atoms with Crippen LogP contribution in [0.25, 0.3) is 10.2 Å². The molecule has 1 unspecified atom stereocenters. The average Bonchev–Trinajstić information content (AvgIpc) is 3.06. The van der Waals surface area contributed by atoms with Crippen LogP contribution in [0.1, 0.15) is 34.9 Å². The summed E-state index contributed by atoms with van der Waals surface area (Å²) < 4.78 is 1.29. The number of nitrogens with one attached hydrogen (secondary N) is 1. The van der Waals surface area contributed by atoms with E-state index in [0.717, 1.165) is 24.2 Å². The predicted octanol–water partition coefficient (Wildman–Crippen LogP) is 3.13. The molecule has 0 aliphatic carbocycles. The molecule has 3 aromatic rings. The van der Waals surface area contributed by atoms with Gasteiger partial charge in [0.2, 0.25) is 0 Å². The van der Waals surface area contributed by atoms with Gasteiger partial charge < -0.3 is 4.90 Å². The zero-order valence-corrected chi connectivity index (χ0v) is 14.4. The molecule has 1 aliphatic rings. The maximum Gasteiger partial charge on any atom is 0.103 e. The molecule has 0 radical (unpaired) electrons. The molecule has 1 aromatic heterocycles. The van der Waals surface area contributed by atoms with E-state index >= 15 is 0 Å². The number of aromatic nitrogens is 1. The van der Waals surface area contributed by atoms with Gasteiger partial charge in [0.15, 0.2) is 0 Å². The van der Waals surface area contributed by atoms with Crippen molar-refractivity contribution in [3.05, 3.63) is 64.7 Å². The van der Waals surface area contributed by atoms with Crippen LogP contribution in [-0.2, 0) is 6.54 Å². The second kappa shape index (κ2) is 6.72. The molecule has 1 aliphatic heterocycles. The molecule has 1 fully saturated rings. The van der Waals surface area contributed by atoms with E-state index in [2.05, 4.69) is 36.4 Å². The smallest absolute Gasteiger partial charge is 0.103 e. The highest BCUT2D eigenvalue weighted by Gasteiger charge is 2.27. The van der Waals surface area contributed by atoms with Gasteiger partial charge in [0.25, 0.3) is 0 Å². The Balaban J connectivity index is 1.50. The van der Waals surface area contributed by atoms with E-state index in [-0.39, 0.29) is 0 Å². The third-order valence-corrected chi connectivity index (χ3v) is 5.99. The number of quaternary nitrogens is 1. The van der Waals surface area contributed by atoms with Crippen LogP contribution in [-0.4, -0.2) is 18.1 Å². The maximum atomic E-state index is 9.06. The quantitative estimate of drug-likeness (QED) is 0.799. The second-order valence-electron chi connectivity index (χ2n) is 6.55. The Morgan fingerprint density at radius 3 is 3.00 bits per heavy atom. The van der Waals surface area contributed by atoms with Gasteiger partial charge in [-0.25, -0.2) is 4.98 Å². The molecule has 120 valence electrons. The maximum absolute atomic E-state index is 9.06. The standard InChI is InChI=1S/C20H19N3S/c21-12-15-5-3-6-16(11-15)13-23-10-4-7-17(14-23)20-22-18-8-1-2-9-19(18)24-20/h1-3,5-6,8-9,11,17H,4,7,10,13-14H2/p+1/t17-/m1/s1. The van der Waals surface area contributed by atoms with Gasteiger partial charge in [0.05, 0.1) is 40.9 Å². The Morgan fingerprint density at radius 2 is 2.12 bits per heavy atom. The number of benzene rings is 2. The van der Waals surface area contributed by atoms with Gasteiger partial charge in [-0.2, -0.15) is 5.26 Å². The van der Waals surface area contributed by atoms with Crippen molar-refractivity contribution in [1.82, 2.24) is 4.98 Å². The van der Waals surface area contributed by atoms with Crippen LogP contribution < -0.4 is 4.90 Å². The first-order valence-electron chi connectivity index (χ1n) is 8.50. The minimum absolute atomic E-state index is 0.560. The van der Waals surface area contributed by atoms with E-state index in [1.54, 1.807) is 4.90 Å². The number of thiazole rings is 1. The van der Waals surface area contributed by atoms with Crippen molar-refractivity contribution < 1.29 is 4.90 Å². The number of para-hydroxylation sites is 1. The van der Waals surface area contributed by atoms with Gasteiger partial charge in [0.1, 0.15) is 11.6 Å². The molecule has 24 heavy (non-hydrogen) atoms. The minimum Gasteiger partial charge on any atom is -0.331 e. The van der Waals surface area contributed by atoms with Gasteiger partial charge in [-0.15, -0.1) is 11.3 Å². The molecule has 1 N–H and O–H groups in total. The molecule has 2 heterocycles. The molecule has 0 amide bonds. The summed E-state index contributed by atoms with van der Waals surface area (Å²) in [7, 11) is 0. The van der Waals surface area contributed by atoms with E-state index in [9.17, 15) is 0 Å². The summed E-state index contributed by atoms with van der Waals surface area (Å²) in [6.07, 6.45) is 2.48. The Morgan fingerprint density at radius 1 is 1.21 bits per heavy atom. The van der Waals surface area contributed by atoms with Crippen molar-refractivity contribution in [3.63, 3.8) is 0 Å². The molecular weight excluding hydrogens is 314 g/mol. The van der Waals surface area contributed by atoms with Crippen LogP contribution in [0, 0.1) is 11.3 Å². The van der Waals surface area contributed by atoms with Crippen LogP contribution in [0.3, 0.4) is 0 Å². The highest BCUT2D eigenvalue weighted by Crippen LogP contribution is 2.30. The number of hydrogen-bond donors (Lipinski definition) is 1. The average molecular weight is 334 g/mol. The van der Waals surface area contributed by atoms with Gasteiger partial charge in [0, 0.05) is 5.56 Å². The lowest BCUT2D eigenvalue weighted by Crippen LogP contribution is -3.12. The van der Waals surface area contributed by atoms with E-state index in [4.69, 9.17) is 10.2 Å². The van der Waals surface area contributed by atoms with Crippen molar-refractivity contribution in [2.45, 2.75) is 25.3 Å². The lowest BCUT2D eigenvalue weighted by atomic mass is 9.98. The molecule has 4 heteroatoms. The summed E-state index contributed by atoms with van der Waals surface area (Å²) in [5.74, 6) is 0.560. The molecule has 0 spiro atoms. The summed E-state index contributed by atoms with van der Waals surface area (Å²) in [6.45, 7) is 3.34. The van der Waals surface area contributed by atoms with Crippen molar-refractivity contribution in [2.75, 3.05) is 13.1 Å². The molecule has 2 aromatic carbocycles. The number of rotatable bonds is 3. The lowest BCUT2D eigenvalue weighted by molar-refractivity contribution is -0.920. The minimum atomic E-state index is 0.560. The highest BCUT2D eigenvalue weighted by molar-refractivity contribution is 7.18. The molecule has 3 nitrogen and oxygen atoms in total. The van der Waals surface area contributed by atoms with Crippen molar-refractivity contribution in [1.29, 1.82) is 5.26 Å². The predicted molar refractivity (Wildman–Crippen MR) is 97.2 cm³/mol. The fourth-order valence-electron chi connectivity index (χ4n) is 3.63. The third-order valence-electron chi connectivity index (χ3n) is 4.79. The Kier molecular flexibility index (Phi) is 4.29. The molecule has 0 saturated carbocycles. The summed E-state index contributed by atoms with van der Waals surface area (Å²) in [5, 5.41) is 10.4. The SMILES string of the molecule is N#Cc1cccc(C[NH+]2CCC[C@@H](c3nc4ccccc4s3)C2)c1. The molecular formula is C20H20N3S+. The van der Waals surface area contributed by atoms with Crippen LogP contribution in [0.4, 0.5) is 0 Å². The van der Waals surface area contributed by atoms with E-state index in [1.807, 2.05) is 29.5 Å². The number of likely N-dealkylation sites (tertiary alicyclic amines) is 1. The zero-order chi connectivity index (χ0) is 16.4. The summed E-state index contributed by atoms with van der Waals surface area (Å²) in [4.78, 5) is 6.47. The number of nitrogens with zero attached hydrogens (tertiary/aromatic N) is 2. The van der Waals surface area contributed by atoms with Crippen LogP contribution in [0.15, 0.2) is 48.5 Å². The largest absolute Gasteiger partial charge is 0.331 e. The fourth-order valence-corrected chi connectivity index (χ4v) is 4.73. The lowest BCUT2D eigenvalue weighted by Gasteiger charge is -2.29. The second-order valence-corrected chi connectivity index (χ2v) is 7.61. The van der Waals surface area contributed by atoms with Gasteiger partial charge in [-0.1, -0.05) is 24.3 Å². The monoisotopic (exact) mass is 334 g/mol. The van der Waals surface area contributed by atoms with Crippen molar-refractivity contribution >= 4 is 21.6 Å². The van der Waals surface area contributed by atoms with Gasteiger partial charge >= 0.3 is 0 Å². The first-order chi connectivity index (χ1) is 11.8.